The standard InChI is InChI=1S/C16H20N2/c1-13(17)12-18-16(14-8-4-2-5-9-14)15-10-6-3-7-11-15/h2-11,13,16,18H,12,17H2,1H3. The van der Waals surface area contributed by atoms with Crippen LogP contribution in [-0.4, -0.2) is 12.6 Å². The Balaban J connectivity index is 2.24. The molecule has 0 aliphatic carbocycles. The predicted octanol–water partition coefficient (Wildman–Crippen LogP) is 2.71. The van der Waals surface area contributed by atoms with Gasteiger partial charge in [-0.1, -0.05) is 60.7 Å². The quantitative estimate of drug-likeness (QED) is 0.843. The molecule has 0 saturated heterocycles. The number of nitrogens with one attached hydrogen (secondary N) is 1. The Morgan fingerprint density at radius 3 is 1.72 bits per heavy atom. The summed E-state index contributed by atoms with van der Waals surface area (Å²) in [5.41, 5.74) is 8.37. The molecule has 2 aromatic carbocycles. The maximum atomic E-state index is 5.83. The number of nitrogens with two attached hydrogens (primary N) is 1. The molecule has 0 amide bonds. The molecule has 0 saturated carbocycles. The Labute approximate surface area is 109 Å². The highest BCUT2D eigenvalue weighted by atomic mass is 14.9. The minimum Gasteiger partial charge on any atom is -0.327 e. The molecule has 0 aliphatic heterocycles. The van der Waals surface area contributed by atoms with Gasteiger partial charge < -0.3 is 11.1 Å². The molecule has 0 fully saturated rings. The van der Waals surface area contributed by atoms with Gasteiger partial charge in [0.15, 0.2) is 0 Å². The molecule has 0 aliphatic rings. The topological polar surface area (TPSA) is 38.0 Å². The molecule has 2 aromatic rings. The van der Waals surface area contributed by atoms with Gasteiger partial charge in [-0.2, -0.15) is 0 Å². The zero-order valence-electron chi connectivity index (χ0n) is 10.7. The highest BCUT2D eigenvalue weighted by Gasteiger charge is 2.12. The van der Waals surface area contributed by atoms with Crippen molar-refractivity contribution in [1.82, 2.24) is 5.32 Å². The third kappa shape index (κ3) is 3.42. The molecule has 2 heteroatoms. The van der Waals surface area contributed by atoms with E-state index in [0.29, 0.717) is 0 Å². The lowest BCUT2D eigenvalue weighted by Crippen LogP contribution is -2.34. The van der Waals surface area contributed by atoms with E-state index >= 15 is 0 Å². The van der Waals surface area contributed by atoms with Crippen LogP contribution in [0.3, 0.4) is 0 Å². The van der Waals surface area contributed by atoms with Crippen molar-refractivity contribution >= 4 is 0 Å². The van der Waals surface area contributed by atoms with Crippen molar-refractivity contribution in [1.29, 1.82) is 0 Å². The summed E-state index contributed by atoms with van der Waals surface area (Å²) in [5, 5.41) is 3.53. The van der Waals surface area contributed by atoms with E-state index in [1.807, 2.05) is 19.1 Å². The minimum atomic E-state index is 0.153. The van der Waals surface area contributed by atoms with Crippen LogP contribution in [0.1, 0.15) is 24.1 Å². The van der Waals surface area contributed by atoms with Crippen molar-refractivity contribution in [3.63, 3.8) is 0 Å². The van der Waals surface area contributed by atoms with Gasteiger partial charge in [0.2, 0.25) is 0 Å². The Hall–Kier alpha value is -1.64. The first-order valence-electron chi connectivity index (χ1n) is 6.36. The zero-order valence-corrected chi connectivity index (χ0v) is 10.7. The lowest BCUT2D eigenvalue weighted by atomic mass is 9.98. The van der Waals surface area contributed by atoms with Crippen LogP contribution in [-0.2, 0) is 0 Å². The maximum absolute atomic E-state index is 5.83. The van der Waals surface area contributed by atoms with E-state index in [9.17, 15) is 0 Å². The molecular formula is C16H20N2. The van der Waals surface area contributed by atoms with Crippen molar-refractivity contribution in [3.8, 4) is 0 Å². The smallest absolute Gasteiger partial charge is 0.0577 e. The van der Waals surface area contributed by atoms with E-state index in [4.69, 9.17) is 5.73 Å². The summed E-state index contributed by atoms with van der Waals surface area (Å²) in [6, 6.07) is 21.3. The van der Waals surface area contributed by atoms with Gasteiger partial charge in [0.25, 0.3) is 0 Å². The summed E-state index contributed by atoms with van der Waals surface area (Å²) in [6.45, 7) is 2.81. The first-order chi connectivity index (χ1) is 8.77. The molecule has 18 heavy (non-hydrogen) atoms. The molecule has 0 radical (unpaired) electrons. The summed E-state index contributed by atoms with van der Waals surface area (Å²) < 4.78 is 0. The molecule has 2 nitrogen and oxygen atoms in total. The number of hydrogen-bond donors (Lipinski definition) is 2. The fraction of sp³-hybridized carbons (Fsp3) is 0.250. The fourth-order valence-corrected chi connectivity index (χ4v) is 2.02. The molecule has 2 rings (SSSR count). The summed E-state index contributed by atoms with van der Waals surface area (Å²) in [5.74, 6) is 0. The molecule has 0 aromatic heterocycles. The van der Waals surface area contributed by atoms with Crippen molar-refractivity contribution < 1.29 is 0 Å². The SMILES string of the molecule is CC(N)CNC(c1ccccc1)c1ccccc1. The van der Waals surface area contributed by atoms with Gasteiger partial charge in [-0.3, -0.25) is 0 Å². The molecule has 3 N–H and O–H groups in total. The van der Waals surface area contributed by atoms with E-state index in [1.165, 1.54) is 11.1 Å². The van der Waals surface area contributed by atoms with E-state index < -0.39 is 0 Å². The van der Waals surface area contributed by atoms with Gasteiger partial charge in [0.1, 0.15) is 0 Å². The second kappa shape index (κ2) is 6.34. The lowest BCUT2D eigenvalue weighted by molar-refractivity contribution is 0.555. The van der Waals surface area contributed by atoms with Crippen molar-refractivity contribution in [2.24, 2.45) is 5.73 Å². The Morgan fingerprint density at radius 1 is 0.889 bits per heavy atom. The van der Waals surface area contributed by atoms with Crippen molar-refractivity contribution in [2.75, 3.05) is 6.54 Å². The van der Waals surface area contributed by atoms with E-state index in [2.05, 4.69) is 53.8 Å². The van der Waals surface area contributed by atoms with Crippen LogP contribution in [0.15, 0.2) is 60.7 Å². The second-order valence-electron chi connectivity index (χ2n) is 4.64. The van der Waals surface area contributed by atoms with E-state index in [1.54, 1.807) is 0 Å². The van der Waals surface area contributed by atoms with E-state index in [-0.39, 0.29) is 12.1 Å². The highest BCUT2D eigenvalue weighted by Crippen LogP contribution is 2.21. The second-order valence-corrected chi connectivity index (χ2v) is 4.64. The van der Waals surface area contributed by atoms with Gasteiger partial charge in [0, 0.05) is 12.6 Å². The van der Waals surface area contributed by atoms with Crippen molar-refractivity contribution in [2.45, 2.75) is 19.0 Å². The monoisotopic (exact) mass is 240 g/mol. The van der Waals surface area contributed by atoms with Crippen LogP contribution in [0.5, 0.6) is 0 Å². The zero-order chi connectivity index (χ0) is 12.8. The molecule has 0 spiro atoms. The van der Waals surface area contributed by atoms with Gasteiger partial charge >= 0.3 is 0 Å². The molecule has 0 bridgehead atoms. The molecule has 0 heterocycles. The molecular weight excluding hydrogens is 220 g/mol. The molecule has 1 unspecified atom stereocenters. The van der Waals surface area contributed by atoms with Crippen LogP contribution >= 0.6 is 0 Å². The van der Waals surface area contributed by atoms with Crippen LogP contribution < -0.4 is 11.1 Å². The summed E-state index contributed by atoms with van der Waals surface area (Å²) in [4.78, 5) is 0. The third-order valence-corrected chi connectivity index (χ3v) is 2.91. The van der Waals surface area contributed by atoms with Gasteiger partial charge in [0.05, 0.1) is 6.04 Å². The Kier molecular flexibility index (Phi) is 4.51. The van der Waals surface area contributed by atoms with Crippen molar-refractivity contribution in [3.05, 3.63) is 71.8 Å². The van der Waals surface area contributed by atoms with Gasteiger partial charge in [-0.05, 0) is 18.1 Å². The first-order valence-corrected chi connectivity index (χ1v) is 6.36. The van der Waals surface area contributed by atoms with E-state index in [0.717, 1.165) is 6.54 Å². The predicted molar refractivity (Wildman–Crippen MR) is 76.4 cm³/mol. The summed E-state index contributed by atoms with van der Waals surface area (Å²) >= 11 is 0. The summed E-state index contributed by atoms with van der Waals surface area (Å²) in [7, 11) is 0. The number of benzene rings is 2. The number of rotatable bonds is 5. The maximum Gasteiger partial charge on any atom is 0.0577 e. The minimum absolute atomic E-state index is 0.153. The summed E-state index contributed by atoms with van der Waals surface area (Å²) in [6.07, 6.45) is 0. The first kappa shape index (κ1) is 12.8. The third-order valence-electron chi connectivity index (χ3n) is 2.91. The van der Waals surface area contributed by atoms with Crippen LogP contribution in [0, 0.1) is 0 Å². The normalized spacial score (nSPS) is 12.6. The van der Waals surface area contributed by atoms with Crippen LogP contribution in [0.25, 0.3) is 0 Å². The van der Waals surface area contributed by atoms with Gasteiger partial charge in [-0.25, -0.2) is 0 Å². The average Bonchev–Trinajstić information content (AvgIpc) is 2.41. The average molecular weight is 240 g/mol. The molecule has 1 atom stereocenters. The lowest BCUT2D eigenvalue weighted by Gasteiger charge is -2.21. The van der Waals surface area contributed by atoms with Gasteiger partial charge in [-0.15, -0.1) is 0 Å². The number of hydrogen-bond acceptors (Lipinski definition) is 2. The largest absolute Gasteiger partial charge is 0.327 e. The van der Waals surface area contributed by atoms with Crippen LogP contribution in [0.4, 0.5) is 0 Å². The Morgan fingerprint density at radius 2 is 1.33 bits per heavy atom. The molecule has 94 valence electrons. The highest BCUT2D eigenvalue weighted by molar-refractivity contribution is 5.31. The van der Waals surface area contributed by atoms with Crippen LogP contribution in [0.2, 0.25) is 0 Å². The fourth-order valence-electron chi connectivity index (χ4n) is 2.02. The Bertz CT molecular complexity index is 412.